The fourth-order valence-corrected chi connectivity index (χ4v) is 2.40. The second-order valence-corrected chi connectivity index (χ2v) is 5.37. The van der Waals surface area contributed by atoms with Crippen LogP contribution in [0, 0.1) is 5.92 Å². The van der Waals surface area contributed by atoms with Crippen LogP contribution in [0.25, 0.3) is 10.8 Å². The third-order valence-corrected chi connectivity index (χ3v) is 3.89. The molecule has 2 atom stereocenters. The van der Waals surface area contributed by atoms with Crippen molar-refractivity contribution in [2.45, 2.75) is 26.8 Å². The summed E-state index contributed by atoms with van der Waals surface area (Å²) in [5.74, 6) is 0.485. The molecule has 0 amide bonds. The number of nitrogens with two attached hydrogens (primary N) is 1. The lowest BCUT2D eigenvalue weighted by Gasteiger charge is -2.29. The largest absolute Gasteiger partial charge is 0.371 e. The molecule has 2 aromatic rings. The molecule has 0 aliphatic rings. The molecule has 2 unspecified atom stereocenters. The lowest BCUT2D eigenvalue weighted by atomic mass is 10.0. The zero-order chi connectivity index (χ0) is 13.8. The van der Waals surface area contributed by atoms with Gasteiger partial charge in [0.1, 0.15) is 0 Å². The first-order chi connectivity index (χ1) is 9.13. The highest BCUT2D eigenvalue weighted by molar-refractivity contribution is 5.94. The molecule has 0 spiro atoms. The zero-order valence-electron chi connectivity index (χ0n) is 12.1. The summed E-state index contributed by atoms with van der Waals surface area (Å²) >= 11 is 0. The van der Waals surface area contributed by atoms with Crippen molar-refractivity contribution in [3.05, 3.63) is 42.5 Å². The number of nitrogens with zero attached hydrogens (tertiary/aromatic N) is 1. The summed E-state index contributed by atoms with van der Waals surface area (Å²) in [6.45, 7) is 8.52. The number of hydrogen-bond acceptors (Lipinski definition) is 2. The van der Waals surface area contributed by atoms with E-state index in [1.165, 1.54) is 16.5 Å². The molecule has 2 nitrogen and oxygen atoms in total. The van der Waals surface area contributed by atoms with Gasteiger partial charge < -0.3 is 10.6 Å². The minimum absolute atomic E-state index is 0.226. The predicted molar refractivity (Wildman–Crippen MR) is 84.6 cm³/mol. The highest BCUT2D eigenvalue weighted by Crippen LogP contribution is 2.27. The lowest BCUT2D eigenvalue weighted by Crippen LogP contribution is -2.36. The van der Waals surface area contributed by atoms with E-state index in [2.05, 4.69) is 68.1 Å². The van der Waals surface area contributed by atoms with E-state index in [1.807, 2.05) is 0 Å². The molecule has 0 bridgehead atoms. The van der Waals surface area contributed by atoms with Crippen LogP contribution in [-0.4, -0.2) is 19.1 Å². The first-order valence-electron chi connectivity index (χ1n) is 7.11. The van der Waals surface area contributed by atoms with E-state index in [0.29, 0.717) is 5.92 Å². The minimum Gasteiger partial charge on any atom is -0.371 e. The maximum absolute atomic E-state index is 6.00. The van der Waals surface area contributed by atoms with Gasteiger partial charge in [0.25, 0.3) is 0 Å². The maximum Gasteiger partial charge on any atom is 0.0445 e. The average molecular weight is 256 g/mol. The highest BCUT2D eigenvalue weighted by Gasteiger charge is 2.14. The van der Waals surface area contributed by atoms with Gasteiger partial charge in [-0.1, -0.05) is 43.3 Å². The molecule has 2 aromatic carbocycles. The SMILES string of the molecule is CCN(CC(C)C(C)N)c1cccc2ccccc12. The van der Waals surface area contributed by atoms with Crippen molar-refractivity contribution in [2.24, 2.45) is 11.7 Å². The number of benzene rings is 2. The highest BCUT2D eigenvalue weighted by atomic mass is 15.1. The van der Waals surface area contributed by atoms with Gasteiger partial charge in [-0.3, -0.25) is 0 Å². The number of anilines is 1. The first kappa shape index (κ1) is 13.9. The fourth-order valence-electron chi connectivity index (χ4n) is 2.40. The van der Waals surface area contributed by atoms with Crippen LogP contribution in [0.2, 0.25) is 0 Å². The number of hydrogen-bond donors (Lipinski definition) is 1. The maximum atomic E-state index is 6.00. The molecule has 0 radical (unpaired) electrons. The molecule has 0 saturated heterocycles. The van der Waals surface area contributed by atoms with Gasteiger partial charge in [0.15, 0.2) is 0 Å². The summed E-state index contributed by atoms with van der Waals surface area (Å²) in [5, 5.41) is 2.62. The zero-order valence-corrected chi connectivity index (χ0v) is 12.1. The van der Waals surface area contributed by atoms with Gasteiger partial charge in [-0.2, -0.15) is 0 Å². The van der Waals surface area contributed by atoms with E-state index in [-0.39, 0.29) is 6.04 Å². The van der Waals surface area contributed by atoms with Crippen molar-refractivity contribution in [3.63, 3.8) is 0 Å². The summed E-state index contributed by atoms with van der Waals surface area (Å²) in [5.41, 5.74) is 7.32. The molecule has 2 rings (SSSR count). The second-order valence-electron chi connectivity index (χ2n) is 5.37. The van der Waals surface area contributed by atoms with Crippen LogP contribution in [0.1, 0.15) is 20.8 Å². The Labute approximate surface area is 116 Å². The molecule has 0 fully saturated rings. The fraction of sp³-hybridized carbons (Fsp3) is 0.412. The smallest absolute Gasteiger partial charge is 0.0445 e. The standard InChI is InChI=1S/C17H24N2/c1-4-19(12-13(2)14(3)18)17-11-7-9-15-8-5-6-10-16(15)17/h5-11,13-14H,4,12,18H2,1-3H3. The van der Waals surface area contributed by atoms with Crippen LogP contribution in [0.5, 0.6) is 0 Å². The van der Waals surface area contributed by atoms with Crippen LogP contribution in [0.3, 0.4) is 0 Å². The Morgan fingerprint density at radius 1 is 1.05 bits per heavy atom. The number of fused-ring (bicyclic) bond motifs is 1. The normalized spacial score (nSPS) is 14.3. The minimum atomic E-state index is 0.226. The van der Waals surface area contributed by atoms with Gasteiger partial charge in [0, 0.05) is 30.2 Å². The average Bonchev–Trinajstić information content (AvgIpc) is 2.44. The van der Waals surface area contributed by atoms with Gasteiger partial charge in [-0.15, -0.1) is 0 Å². The van der Waals surface area contributed by atoms with Gasteiger partial charge in [0.05, 0.1) is 0 Å². The van der Waals surface area contributed by atoms with E-state index in [4.69, 9.17) is 5.73 Å². The third kappa shape index (κ3) is 3.07. The summed E-state index contributed by atoms with van der Waals surface area (Å²) in [7, 11) is 0. The van der Waals surface area contributed by atoms with Crippen molar-refractivity contribution >= 4 is 16.5 Å². The van der Waals surface area contributed by atoms with Crippen LogP contribution >= 0.6 is 0 Å². The van der Waals surface area contributed by atoms with E-state index in [0.717, 1.165) is 13.1 Å². The van der Waals surface area contributed by atoms with Crippen molar-refractivity contribution in [1.29, 1.82) is 0 Å². The van der Waals surface area contributed by atoms with Gasteiger partial charge in [-0.05, 0) is 31.2 Å². The summed E-state index contributed by atoms with van der Waals surface area (Å²) in [4.78, 5) is 2.43. The van der Waals surface area contributed by atoms with E-state index < -0.39 is 0 Å². The molecular formula is C17H24N2. The Bertz CT molecular complexity index is 528. The molecule has 102 valence electrons. The topological polar surface area (TPSA) is 29.3 Å². The quantitative estimate of drug-likeness (QED) is 0.884. The summed E-state index contributed by atoms with van der Waals surface area (Å²) in [6.07, 6.45) is 0. The van der Waals surface area contributed by atoms with Crippen LogP contribution in [-0.2, 0) is 0 Å². The Hall–Kier alpha value is -1.54. The van der Waals surface area contributed by atoms with Crippen molar-refractivity contribution in [3.8, 4) is 0 Å². The molecule has 2 N–H and O–H groups in total. The van der Waals surface area contributed by atoms with Crippen molar-refractivity contribution in [1.82, 2.24) is 0 Å². The Kier molecular flexibility index (Phi) is 4.43. The molecule has 0 saturated carbocycles. The molecular weight excluding hydrogens is 232 g/mol. The van der Waals surface area contributed by atoms with E-state index in [9.17, 15) is 0 Å². The summed E-state index contributed by atoms with van der Waals surface area (Å²) in [6, 6.07) is 15.3. The Morgan fingerprint density at radius 2 is 1.74 bits per heavy atom. The molecule has 19 heavy (non-hydrogen) atoms. The molecule has 0 aromatic heterocycles. The van der Waals surface area contributed by atoms with Crippen molar-refractivity contribution in [2.75, 3.05) is 18.0 Å². The Balaban J connectivity index is 2.35. The van der Waals surface area contributed by atoms with E-state index >= 15 is 0 Å². The third-order valence-electron chi connectivity index (χ3n) is 3.89. The van der Waals surface area contributed by atoms with E-state index in [1.54, 1.807) is 0 Å². The number of rotatable bonds is 5. The monoisotopic (exact) mass is 256 g/mol. The molecule has 0 aliphatic carbocycles. The van der Waals surface area contributed by atoms with Gasteiger partial charge in [0.2, 0.25) is 0 Å². The summed E-state index contributed by atoms with van der Waals surface area (Å²) < 4.78 is 0. The lowest BCUT2D eigenvalue weighted by molar-refractivity contribution is 0.478. The molecule has 2 heteroatoms. The first-order valence-corrected chi connectivity index (χ1v) is 7.11. The second kappa shape index (κ2) is 6.07. The van der Waals surface area contributed by atoms with Crippen LogP contribution in [0.4, 0.5) is 5.69 Å². The van der Waals surface area contributed by atoms with Gasteiger partial charge >= 0.3 is 0 Å². The molecule has 0 aliphatic heterocycles. The molecule has 0 heterocycles. The van der Waals surface area contributed by atoms with Crippen LogP contribution in [0.15, 0.2) is 42.5 Å². The Morgan fingerprint density at radius 3 is 2.42 bits per heavy atom. The van der Waals surface area contributed by atoms with Crippen molar-refractivity contribution < 1.29 is 0 Å². The van der Waals surface area contributed by atoms with Crippen LogP contribution < -0.4 is 10.6 Å². The van der Waals surface area contributed by atoms with Gasteiger partial charge in [-0.25, -0.2) is 0 Å². The predicted octanol–water partition coefficient (Wildman–Crippen LogP) is 3.65.